The zero-order valence-electron chi connectivity index (χ0n) is 13.3. The summed E-state index contributed by atoms with van der Waals surface area (Å²) in [5.74, 6) is -2.07. The van der Waals surface area contributed by atoms with E-state index in [0.29, 0.717) is 0 Å². The molecule has 2 aromatic rings. The second-order valence-electron chi connectivity index (χ2n) is 5.27. The van der Waals surface area contributed by atoms with Crippen molar-refractivity contribution in [1.82, 2.24) is 0 Å². The summed E-state index contributed by atoms with van der Waals surface area (Å²) in [7, 11) is -4.23. The maximum atomic E-state index is 12.3. The van der Waals surface area contributed by atoms with Gasteiger partial charge in [-0.15, -0.1) is 12.6 Å². The van der Waals surface area contributed by atoms with Crippen molar-refractivity contribution in [2.45, 2.75) is 11.8 Å². The Kier molecular flexibility index (Phi) is 5.70. The van der Waals surface area contributed by atoms with Crippen LogP contribution in [-0.4, -0.2) is 25.9 Å². The van der Waals surface area contributed by atoms with Gasteiger partial charge in [-0.3, -0.25) is 9.08 Å². The Bertz CT molecular complexity index is 916. The lowest BCUT2D eigenvalue weighted by Crippen LogP contribution is -2.25. The molecule has 25 heavy (non-hydrogen) atoms. The van der Waals surface area contributed by atoms with E-state index in [1.54, 1.807) is 12.1 Å². The number of ketones is 1. The predicted octanol–water partition coefficient (Wildman–Crippen LogP) is 1.67. The van der Waals surface area contributed by atoms with Crippen molar-refractivity contribution in [2.75, 3.05) is 5.75 Å². The summed E-state index contributed by atoms with van der Waals surface area (Å²) < 4.78 is 27.6. The molecule has 0 aliphatic rings. The maximum absolute atomic E-state index is 12.3. The Hall–Kier alpha value is -2.52. The average Bonchev–Trinajstić information content (AvgIpc) is 2.53. The first kappa shape index (κ1) is 18.8. The lowest BCUT2D eigenvalue weighted by molar-refractivity contribution is 0.101. The van der Waals surface area contributed by atoms with Crippen LogP contribution in [0.25, 0.3) is 11.1 Å². The van der Waals surface area contributed by atoms with Crippen LogP contribution in [-0.2, 0) is 14.4 Å². The number of Topliss-reactive ketones (excluding diaryl/α,β-unsaturated/α-hetero) is 1. The molecule has 2 aromatic carbocycles. The number of hydrogen-bond acceptors (Lipinski definition) is 6. The minimum Gasteiger partial charge on any atom is -0.367 e. The van der Waals surface area contributed by atoms with Crippen LogP contribution < -0.4 is 11.5 Å². The van der Waals surface area contributed by atoms with E-state index in [2.05, 4.69) is 22.1 Å². The first-order valence-corrected chi connectivity index (χ1v) is 9.14. The topological polar surface area (TPSA) is 125 Å². The van der Waals surface area contributed by atoms with Crippen molar-refractivity contribution < 1.29 is 17.5 Å². The van der Waals surface area contributed by atoms with Gasteiger partial charge in [-0.2, -0.15) is 8.42 Å². The molecule has 0 aliphatic heterocycles. The number of oxime groups is 1. The zero-order valence-corrected chi connectivity index (χ0v) is 15.0. The molecule has 0 aromatic heterocycles. The lowest BCUT2D eigenvalue weighted by Gasteiger charge is -2.10. The highest BCUT2D eigenvalue weighted by Gasteiger charge is 2.20. The SMILES string of the molecule is Cc1cccc(S)c1-c1cccc(C(=O)CS(=O)(=O)ON=C(N)N)c1. The van der Waals surface area contributed by atoms with E-state index in [-0.39, 0.29) is 5.56 Å². The van der Waals surface area contributed by atoms with E-state index in [0.717, 1.165) is 21.6 Å². The van der Waals surface area contributed by atoms with Gasteiger partial charge in [-0.05, 0) is 40.9 Å². The van der Waals surface area contributed by atoms with Crippen molar-refractivity contribution in [3.8, 4) is 11.1 Å². The summed E-state index contributed by atoms with van der Waals surface area (Å²) in [6, 6.07) is 12.3. The number of carbonyl (C=O) groups is 1. The molecule has 132 valence electrons. The van der Waals surface area contributed by atoms with Gasteiger partial charge in [0.1, 0.15) is 0 Å². The molecule has 0 aliphatic carbocycles. The molecule has 0 amide bonds. The first-order chi connectivity index (χ1) is 11.7. The van der Waals surface area contributed by atoms with Gasteiger partial charge >= 0.3 is 10.1 Å². The van der Waals surface area contributed by atoms with Crippen molar-refractivity contribution >= 4 is 34.5 Å². The number of guanidine groups is 1. The van der Waals surface area contributed by atoms with Gasteiger partial charge < -0.3 is 11.5 Å². The van der Waals surface area contributed by atoms with Gasteiger partial charge in [-0.25, -0.2) is 0 Å². The molecule has 0 bridgehead atoms. The maximum Gasteiger partial charge on any atom is 0.336 e. The molecule has 0 atom stereocenters. The van der Waals surface area contributed by atoms with Crippen molar-refractivity contribution in [2.24, 2.45) is 16.6 Å². The molecule has 0 saturated heterocycles. The van der Waals surface area contributed by atoms with Crippen LogP contribution in [0.5, 0.6) is 0 Å². The summed E-state index contributed by atoms with van der Waals surface area (Å²) in [6.07, 6.45) is 0. The van der Waals surface area contributed by atoms with Gasteiger partial charge in [-0.1, -0.05) is 30.3 Å². The van der Waals surface area contributed by atoms with Gasteiger partial charge in [0.15, 0.2) is 11.5 Å². The third kappa shape index (κ3) is 4.97. The quantitative estimate of drug-likeness (QED) is 0.230. The molecule has 7 nitrogen and oxygen atoms in total. The van der Waals surface area contributed by atoms with Crippen LogP contribution in [0.3, 0.4) is 0 Å². The summed E-state index contributed by atoms with van der Waals surface area (Å²) in [6.45, 7) is 1.93. The highest BCUT2D eigenvalue weighted by atomic mass is 32.2. The van der Waals surface area contributed by atoms with Crippen molar-refractivity contribution in [3.63, 3.8) is 0 Å². The normalized spacial score (nSPS) is 11.0. The Morgan fingerprint density at radius 2 is 1.88 bits per heavy atom. The van der Waals surface area contributed by atoms with Gasteiger partial charge in [0.2, 0.25) is 5.96 Å². The molecule has 0 fully saturated rings. The highest BCUT2D eigenvalue weighted by Crippen LogP contribution is 2.30. The van der Waals surface area contributed by atoms with Crippen molar-refractivity contribution in [1.29, 1.82) is 0 Å². The Balaban J connectivity index is 2.30. The summed E-state index contributed by atoms with van der Waals surface area (Å²) in [5, 5.41) is 2.95. The van der Waals surface area contributed by atoms with Crippen LogP contribution in [0, 0.1) is 6.92 Å². The predicted molar refractivity (Wildman–Crippen MR) is 98.9 cm³/mol. The third-order valence-electron chi connectivity index (χ3n) is 3.29. The Labute approximate surface area is 151 Å². The van der Waals surface area contributed by atoms with E-state index >= 15 is 0 Å². The number of nitrogens with two attached hydrogens (primary N) is 2. The van der Waals surface area contributed by atoms with E-state index in [9.17, 15) is 13.2 Å². The van der Waals surface area contributed by atoms with E-state index in [4.69, 9.17) is 11.5 Å². The van der Waals surface area contributed by atoms with Crippen LogP contribution in [0.15, 0.2) is 52.5 Å². The minimum absolute atomic E-state index is 0.227. The summed E-state index contributed by atoms with van der Waals surface area (Å²) in [5.41, 5.74) is 12.9. The molecule has 9 heteroatoms. The summed E-state index contributed by atoms with van der Waals surface area (Å²) >= 11 is 4.44. The van der Waals surface area contributed by atoms with Crippen LogP contribution >= 0.6 is 12.6 Å². The minimum atomic E-state index is -4.23. The second kappa shape index (κ2) is 7.58. The fourth-order valence-electron chi connectivity index (χ4n) is 2.25. The van der Waals surface area contributed by atoms with Gasteiger partial charge in [0.25, 0.3) is 0 Å². The zero-order chi connectivity index (χ0) is 18.6. The molecule has 0 unspecified atom stereocenters. The largest absolute Gasteiger partial charge is 0.367 e. The Morgan fingerprint density at radius 1 is 1.20 bits per heavy atom. The Morgan fingerprint density at radius 3 is 2.52 bits per heavy atom. The molecule has 2 rings (SSSR count). The van der Waals surface area contributed by atoms with Crippen LogP contribution in [0.2, 0.25) is 0 Å². The van der Waals surface area contributed by atoms with Gasteiger partial charge in [0.05, 0.1) is 0 Å². The highest BCUT2D eigenvalue weighted by molar-refractivity contribution is 7.87. The van der Waals surface area contributed by atoms with Crippen LogP contribution in [0.4, 0.5) is 0 Å². The lowest BCUT2D eigenvalue weighted by atomic mass is 9.98. The standard InChI is InChI=1S/C16H17N3O4S2/c1-10-4-2-7-14(24)15(10)12-6-3-5-11(8-12)13(20)9-25(21,22)23-19-16(17)18/h2-8,24H,9H2,1H3,(H4,17,18,19). The average molecular weight is 379 g/mol. The third-order valence-corrected chi connectivity index (χ3v) is 4.58. The number of rotatable bonds is 6. The number of thiol groups is 1. The number of carbonyl (C=O) groups excluding carboxylic acids is 1. The number of aryl methyl sites for hydroxylation is 1. The molecule has 0 saturated carbocycles. The summed E-state index contributed by atoms with van der Waals surface area (Å²) in [4.78, 5) is 13.0. The number of nitrogens with zero attached hydrogens (tertiary/aromatic N) is 1. The van der Waals surface area contributed by atoms with E-state index in [1.807, 2.05) is 31.2 Å². The van der Waals surface area contributed by atoms with Crippen LogP contribution in [0.1, 0.15) is 15.9 Å². The second-order valence-corrected chi connectivity index (χ2v) is 7.30. The van der Waals surface area contributed by atoms with E-state index < -0.39 is 27.6 Å². The molecule has 4 N–H and O–H groups in total. The number of benzene rings is 2. The van der Waals surface area contributed by atoms with E-state index in [1.165, 1.54) is 6.07 Å². The smallest absolute Gasteiger partial charge is 0.336 e. The molecule has 0 spiro atoms. The fraction of sp³-hybridized carbons (Fsp3) is 0.125. The monoisotopic (exact) mass is 379 g/mol. The molecular weight excluding hydrogens is 362 g/mol. The fourth-order valence-corrected chi connectivity index (χ4v) is 3.38. The molecular formula is C16H17N3O4S2. The number of hydrogen-bond donors (Lipinski definition) is 3. The molecule has 0 heterocycles. The van der Waals surface area contributed by atoms with Gasteiger partial charge in [0, 0.05) is 10.5 Å². The van der Waals surface area contributed by atoms with Crippen molar-refractivity contribution in [3.05, 3.63) is 53.6 Å². The molecule has 0 radical (unpaired) electrons. The first-order valence-electron chi connectivity index (χ1n) is 7.12.